The van der Waals surface area contributed by atoms with Gasteiger partial charge >= 0.3 is 10.0 Å². The number of nitro groups is 2. The van der Waals surface area contributed by atoms with E-state index in [1.165, 1.54) is 22.7 Å². The Balaban J connectivity index is 2.35. The van der Waals surface area contributed by atoms with Gasteiger partial charge in [0.15, 0.2) is 0 Å². The van der Waals surface area contributed by atoms with Crippen LogP contribution in [-0.4, -0.2) is 9.85 Å². The second kappa shape index (κ2) is 7.30. The Kier molecular flexibility index (Phi) is 5.44. The third-order valence-electron chi connectivity index (χ3n) is 4.40. The zero-order valence-electron chi connectivity index (χ0n) is 17.1. The fraction of sp³-hybridized carbons (Fsp3) is 0.400. The summed E-state index contributed by atoms with van der Waals surface area (Å²) in [6, 6.07) is 6.69. The van der Waals surface area contributed by atoms with Gasteiger partial charge in [0.25, 0.3) is 0 Å². The summed E-state index contributed by atoms with van der Waals surface area (Å²) >= 11 is 3.91. The minimum Gasteiger partial charge on any atom is -0.258 e. The van der Waals surface area contributed by atoms with Gasteiger partial charge in [0, 0.05) is 21.9 Å². The Morgan fingerprint density at radius 2 is 1.00 bits per heavy atom. The van der Waals surface area contributed by atoms with E-state index in [0.717, 1.165) is 30.6 Å². The van der Waals surface area contributed by atoms with Crippen LogP contribution in [-0.2, 0) is 10.8 Å². The average molecular weight is 451 g/mol. The second-order valence-electron chi connectivity index (χ2n) is 8.80. The first-order chi connectivity index (χ1) is 13.3. The van der Waals surface area contributed by atoms with Crippen molar-refractivity contribution in [3.63, 3.8) is 0 Å². The van der Waals surface area contributed by atoms with E-state index < -0.39 is 0 Å². The molecule has 154 valence electrons. The highest BCUT2D eigenvalue weighted by Gasteiger charge is 2.35. The highest BCUT2D eigenvalue weighted by Crippen LogP contribution is 2.54. The molecule has 0 fully saturated rings. The summed E-state index contributed by atoms with van der Waals surface area (Å²) in [6.07, 6.45) is 0. The van der Waals surface area contributed by atoms with E-state index in [4.69, 9.17) is 0 Å². The smallest absolute Gasteiger partial charge is 0.258 e. The number of hydrogen-bond donors (Lipinski definition) is 0. The van der Waals surface area contributed by atoms with Crippen molar-refractivity contribution in [2.45, 2.75) is 52.4 Å². The highest BCUT2D eigenvalue weighted by molar-refractivity contribution is 7.28. The van der Waals surface area contributed by atoms with Crippen LogP contribution in [0.25, 0.3) is 19.5 Å². The molecule has 3 heterocycles. The number of thiophene rings is 3. The maximum absolute atomic E-state index is 11.2. The van der Waals surface area contributed by atoms with Crippen molar-refractivity contribution in [3.8, 4) is 19.5 Å². The lowest BCUT2D eigenvalue weighted by Gasteiger charge is -2.29. The van der Waals surface area contributed by atoms with Crippen LogP contribution in [0, 0.1) is 20.2 Å². The molecule has 0 atom stereocenters. The lowest BCUT2D eigenvalue weighted by molar-refractivity contribution is -0.380. The summed E-state index contributed by atoms with van der Waals surface area (Å²) in [5, 5.41) is 22.6. The van der Waals surface area contributed by atoms with Gasteiger partial charge in [-0.05, 0) is 34.1 Å². The van der Waals surface area contributed by atoms with Crippen LogP contribution in [0.15, 0.2) is 24.3 Å². The van der Waals surface area contributed by atoms with Crippen molar-refractivity contribution < 1.29 is 9.85 Å². The Bertz CT molecular complexity index is 1010. The van der Waals surface area contributed by atoms with Crippen LogP contribution in [0.1, 0.15) is 52.7 Å². The van der Waals surface area contributed by atoms with E-state index in [1.807, 2.05) is 0 Å². The molecule has 29 heavy (non-hydrogen) atoms. The monoisotopic (exact) mass is 450 g/mol. The van der Waals surface area contributed by atoms with Crippen molar-refractivity contribution in [2.24, 2.45) is 0 Å². The van der Waals surface area contributed by atoms with Gasteiger partial charge in [-0.15, -0.1) is 11.3 Å². The molecule has 0 N–H and O–H groups in total. The fourth-order valence-electron chi connectivity index (χ4n) is 3.31. The molecule has 0 amide bonds. The molecule has 0 saturated carbocycles. The van der Waals surface area contributed by atoms with Gasteiger partial charge in [-0.1, -0.05) is 64.2 Å². The van der Waals surface area contributed by atoms with Crippen molar-refractivity contribution >= 4 is 44.0 Å². The largest absolute Gasteiger partial charge is 0.324 e. The molecule has 0 aliphatic rings. The van der Waals surface area contributed by atoms with Gasteiger partial charge in [0.2, 0.25) is 0 Å². The lowest BCUT2D eigenvalue weighted by atomic mass is 9.75. The summed E-state index contributed by atoms with van der Waals surface area (Å²) in [7, 11) is 0. The van der Waals surface area contributed by atoms with Gasteiger partial charge < -0.3 is 0 Å². The molecule has 0 radical (unpaired) electrons. The normalized spacial score (nSPS) is 12.3. The molecule has 3 rings (SSSR count). The van der Waals surface area contributed by atoms with E-state index in [2.05, 4.69) is 41.5 Å². The molecule has 0 saturated heterocycles. The molecule has 0 spiro atoms. The van der Waals surface area contributed by atoms with Crippen molar-refractivity contribution in [1.82, 2.24) is 0 Å². The molecular weight excluding hydrogens is 428 g/mol. The third kappa shape index (κ3) is 4.12. The molecule has 9 heteroatoms. The van der Waals surface area contributed by atoms with E-state index in [9.17, 15) is 20.2 Å². The minimum absolute atomic E-state index is 0.110. The minimum atomic E-state index is -0.368. The SMILES string of the molecule is CC(C)(C)c1c(-c2ccc([N+](=O)[O-])s2)sc(-c2ccc([N+](=O)[O-])s2)c1C(C)(C)C. The molecule has 3 aromatic rings. The zero-order chi connectivity index (χ0) is 21.7. The van der Waals surface area contributed by atoms with Crippen molar-refractivity contribution in [1.29, 1.82) is 0 Å². The molecule has 6 nitrogen and oxygen atoms in total. The second-order valence-corrected chi connectivity index (χ2v) is 11.9. The van der Waals surface area contributed by atoms with Crippen molar-refractivity contribution in [2.75, 3.05) is 0 Å². The number of hydrogen-bond acceptors (Lipinski definition) is 7. The Morgan fingerprint density at radius 3 is 1.24 bits per heavy atom. The first-order valence-corrected chi connectivity index (χ1v) is 11.4. The van der Waals surface area contributed by atoms with Crippen LogP contribution >= 0.6 is 34.0 Å². The van der Waals surface area contributed by atoms with Gasteiger partial charge in [-0.25, -0.2) is 0 Å². The van der Waals surface area contributed by atoms with E-state index in [0.29, 0.717) is 0 Å². The molecule has 0 unspecified atom stereocenters. The van der Waals surface area contributed by atoms with E-state index in [-0.39, 0.29) is 30.7 Å². The first kappa shape index (κ1) is 21.6. The maximum Gasteiger partial charge on any atom is 0.324 e. The van der Waals surface area contributed by atoms with Crippen LogP contribution in [0.3, 0.4) is 0 Å². The maximum atomic E-state index is 11.2. The quantitative estimate of drug-likeness (QED) is 0.302. The fourth-order valence-corrected chi connectivity index (χ4v) is 6.90. The highest BCUT2D eigenvalue weighted by atomic mass is 32.1. The van der Waals surface area contributed by atoms with Gasteiger partial charge in [-0.2, -0.15) is 0 Å². The van der Waals surface area contributed by atoms with E-state index >= 15 is 0 Å². The zero-order valence-corrected chi connectivity index (χ0v) is 19.5. The standard InChI is InChI=1S/C20H22N2O4S3/c1-19(2,3)15-16(20(4,5)6)18(12-8-10-14(28-12)22(25)26)29-17(15)11-7-9-13(27-11)21(23)24/h7-10H,1-6H3. The number of nitrogens with zero attached hydrogens (tertiary/aromatic N) is 2. The topological polar surface area (TPSA) is 86.3 Å². The summed E-state index contributed by atoms with van der Waals surface area (Å²) in [5.74, 6) is 0. The van der Waals surface area contributed by atoms with Gasteiger partial charge in [-0.3, -0.25) is 20.2 Å². The van der Waals surface area contributed by atoms with Crippen LogP contribution in [0.4, 0.5) is 10.0 Å². The lowest BCUT2D eigenvalue weighted by Crippen LogP contribution is -2.21. The predicted octanol–water partition coefficient (Wildman–Crippen LogP) is 7.62. The summed E-state index contributed by atoms with van der Waals surface area (Å²) < 4.78 is 0. The van der Waals surface area contributed by atoms with Crippen LogP contribution in [0.2, 0.25) is 0 Å². The van der Waals surface area contributed by atoms with Crippen molar-refractivity contribution in [3.05, 3.63) is 55.6 Å². The van der Waals surface area contributed by atoms with E-state index in [1.54, 1.807) is 35.6 Å². The van der Waals surface area contributed by atoms with Gasteiger partial charge in [0.1, 0.15) is 0 Å². The Labute approximate surface area is 181 Å². The van der Waals surface area contributed by atoms with Gasteiger partial charge in [0.05, 0.1) is 19.6 Å². The average Bonchev–Trinajstić information content (AvgIpc) is 3.29. The summed E-state index contributed by atoms with van der Waals surface area (Å²) in [6.45, 7) is 12.8. The Hall–Kier alpha value is -2.10. The first-order valence-electron chi connectivity index (χ1n) is 8.97. The van der Waals surface area contributed by atoms with Crippen LogP contribution < -0.4 is 0 Å². The Morgan fingerprint density at radius 1 is 0.655 bits per heavy atom. The molecule has 0 aliphatic heterocycles. The van der Waals surface area contributed by atoms with Crippen LogP contribution in [0.5, 0.6) is 0 Å². The molecule has 3 aromatic heterocycles. The molecular formula is C20H22N2O4S3. The molecule has 0 aromatic carbocycles. The summed E-state index contributed by atoms with van der Waals surface area (Å²) in [4.78, 5) is 25.4. The third-order valence-corrected chi connectivity index (χ3v) is 8.02. The number of rotatable bonds is 4. The predicted molar refractivity (Wildman–Crippen MR) is 122 cm³/mol. The summed E-state index contributed by atoms with van der Waals surface area (Å²) in [5.41, 5.74) is 1.90. The molecule has 0 bridgehead atoms. The molecule has 0 aliphatic carbocycles.